The van der Waals surface area contributed by atoms with E-state index in [1.165, 1.54) is 0 Å². The van der Waals surface area contributed by atoms with E-state index in [1.807, 2.05) is 29.3 Å². The first kappa shape index (κ1) is 15.3. The standard InChI is InChI=1S/C16H22N6O2/c23-16(18-15-17-14-3-1-2-5-22(14)19-15)21-6-4-13(12-21)11-20-7-9-24-10-8-20/h1-3,5,13H,4,6-12H2,(H,18,19,23). The van der Waals surface area contributed by atoms with Crippen molar-refractivity contribution < 1.29 is 9.53 Å². The second-order valence-electron chi connectivity index (χ2n) is 6.38. The number of amides is 2. The van der Waals surface area contributed by atoms with Crippen molar-refractivity contribution in [2.24, 2.45) is 5.92 Å². The maximum absolute atomic E-state index is 12.4. The first-order valence-corrected chi connectivity index (χ1v) is 8.45. The van der Waals surface area contributed by atoms with E-state index in [0.717, 1.165) is 58.0 Å². The zero-order chi connectivity index (χ0) is 16.4. The molecule has 2 aromatic rings. The molecule has 0 spiro atoms. The fourth-order valence-corrected chi connectivity index (χ4v) is 3.37. The van der Waals surface area contributed by atoms with Crippen LogP contribution in [-0.2, 0) is 4.74 Å². The quantitative estimate of drug-likeness (QED) is 0.906. The van der Waals surface area contributed by atoms with Gasteiger partial charge in [-0.15, -0.1) is 5.10 Å². The number of pyridine rings is 1. The van der Waals surface area contributed by atoms with Gasteiger partial charge in [0.05, 0.1) is 13.2 Å². The molecule has 2 fully saturated rings. The Morgan fingerprint density at radius 1 is 1.29 bits per heavy atom. The van der Waals surface area contributed by atoms with Crippen molar-refractivity contribution in [2.45, 2.75) is 6.42 Å². The highest BCUT2D eigenvalue weighted by atomic mass is 16.5. The lowest BCUT2D eigenvalue weighted by Gasteiger charge is -2.28. The summed E-state index contributed by atoms with van der Waals surface area (Å²) in [6.07, 6.45) is 2.86. The monoisotopic (exact) mass is 330 g/mol. The van der Waals surface area contributed by atoms with Gasteiger partial charge in [-0.25, -0.2) is 9.31 Å². The third-order valence-electron chi connectivity index (χ3n) is 4.65. The molecule has 0 radical (unpaired) electrons. The molecule has 8 nitrogen and oxygen atoms in total. The smallest absolute Gasteiger partial charge is 0.324 e. The number of anilines is 1. The molecule has 1 atom stereocenters. The highest BCUT2D eigenvalue weighted by Gasteiger charge is 2.28. The summed E-state index contributed by atoms with van der Waals surface area (Å²) in [6.45, 7) is 6.24. The van der Waals surface area contributed by atoms with Crippen LogP contribution in [0.4, 0.5) is 10.7 Å². The summed E-state index contributed by atoms with van der Waals surface area (Å²) in [5.41, 5.74) is 0.722. The number of nitrogens with zero attached hydrogens (tertiary/aromatic N) is 5. The molecule has 0 aliphatic carbocycles. The van der Waals surface area contributed by atoms with E-state index in [2.05, 4.69) is 20.3 Å². The minimum Gasteiger partial charge on any atom is -0.379 e. The second-order valence-corrected chi connectivity index (χ2v) is 6.38. The molecular formula is C16H22N6O2. The molecule has 0 aromatic carbocycles. The number of urea groups is 1. The zero-order valence-electron chi connectivity index (χ0n) is 13.6. The predicted molar refractivity (Wildman–Crippen MR) is 88.9 cm³/mol. The summed E-state index contributed by atoms with van der Waals surface area (Å²) in [4.78, 5) is 21.0. The highest BCUT2D eigenvalue weighted by molar-refractivity contribution is 5.87. The fraction of sp³-hybridized carbons (Fsp3) is 0.562. The number of likely N-dealkylation sites (tertiary alicyclic amines) is 1. The molecule has 1 unspecified atom stereocenters. The van der Waals surface area contributed by atoms with Crippen LogP contribution < -0.4 is 5.32 Å². The van der Waals surface area contributed by atoms with Crippen molar-refractivity contribution in [3.63, 3.8) is 0 Å². The Bertz CT molecular complexity index is 678. The average molecular weight is 330 g/mol. The number of nitrogens with one attached hydrogen (secondary N) is 1. The van der Waals surface area contributed by atoms with Gasteiger partial charge in [0, 0.05) is 38.9 Å². The van der Waals surface area contributed by atoms with E-state index in [9.17, 15) is 4.79 Å². The Balaban J connectivity index is 1.32. The first-order valence-electron chi connectivity index (χ1n) is 8.45. The van der Waals surface area contributed by atoms with E-state index >= 15 is 0 Å². The maximum atomic E-state index is 12.4. The van der Waals surface area contributed by atoms with Crippen LogP contribution in [0.25, 0.3) is 5.65 Å². The van der Waals surface area contributed by atoms with E-state index in [-0.39, 0.29) is 6.03 Å². The largest absolute Gasteiger partial charge is 0.379 e. The van der Waals surface area contributed by atoms with Gasteiger partial charge in [0.15, 0.2) is 5.65 Å². The van der Waals surface area contributed by atoms with Crippen LogP contribution in [0.3, 0.4) is 0 Å². The SMILES string of the molecule is O=C(Nc1nc2ccccn2n1)N1CCC(CN2CCOCC2)C1. The zero-order valence-corrected chi connectivity index (χ0v) is 13.6. The maximum Gasteiger partial charge on any atom is 0.324 e. The molecule has 4 rings (SSSR count). The van der Waals surface area contributed by atoms with Gasteiger partial charge in [0.1, 0.15) is 0 Å². The van der Waals surface area contributed by atoms with E-state index in [4.69, 9.17) is 4.74 Å². The van der Waals surface area contributed by atoms with Crippen LogP contribution in [0.2, 0.25) is 0 Å². The number of morpholine rings is 1. The lowest BCUT2D eigenvalue weighted by atomic mass is 10.1. The molecule has 2 aliphatic heterocycles. The number of carbonyl (C=O) groups excluding carboxylic acids is 1. The molecule has 4 heterocycles. The predicted octanol–water partition coefficient (Wildman–Crippen LogP) is 0.915. The van der Waals surface area contributed by atoms with Gasteiger partial charge < -0.3 is 9.64 Å². The molecule has 2 saturated heterocycles. The van der Waals surface area contributed by atoms with Gasteiger partial charge in [-0.1, -0.05) is 6.07 Å². The van der Waals surface area contributed by atoms with Crippen molar-refractivity contribution in [3.8, 4) is 0 Å². The van der Waals surface area contributed by atoms with Gasteiger partial charge in [0.2, 0.25) is 0 Å². The van der Waals surface area contributed by atoms with E-state index in [1.54, 1.807) is 4.52 Å². The van der Waals surface area contributed by atoms with Crippen molar-refractivity contribution >= 4 is 17.6 Å². The molecule has 0 bridgehead atoms. The Kier molecular flexibility index (Phi) is 4.31. The number of rotatable bonds is 3. The number of ether oxygens (including phenoxy) is 1. The van der Waals surface area contributed by atoms with E-state index < -0.39 is 0 Å². The van der Waals surface area contributed by atoms with Crippen LogP contribution in [-0.4, -0.2) is 76.4 Å². The lowest BCUT2D eigenvalue weighted by Crippen LogP contribution is -2.40. The van der Waals surface area contributed by atoms with Crippen LogP contribution in [0.1, 0.15) is 6.42 Å². The lowest BCUT2D eigenvalue weighted by molar-refractivity contribution is 0.0314. The normalized spacial score (nSPS) is 22.2. The number of hydrogen-bond acceptors (Lipinski definition) is 5. The molecule has 2 aromatic heterocycles. The van der Waals surface area contributed by atoms with Crippen LogP contribution in [0.5, 0.6) is 0 Å². The Hall–Kier alpha value is -2.19. The van der Waals surface area contributed by atoms with Crippen LogP contribution in [0, 0.1) is 5.92 Å². The van der Waals surface area contributed by atoms with Crippen LogP contribution in [0.15, 0.2) is 24.4 Å². The number of fused-ring (bicyclic) bond motifs is 1. The van der Waals surface area contributed by atoms with E-state index in [0.29, 0.717) is 11.9 Å². The van der Waals surface area contributed by atoms with Gasteiger partial charge in [-0.3, -0.25) is 10.2 Å². The highest BCUT2D eigenvalue weighted by Crippen LogP contribution is 2.19. The Morgan fingerprint density at radius 2 is 2.17 bits per heavy atom. The molecule has 128 valence electrons. The molecule has 1 N–H and O–H groups in total. The molecule has 2 amide bonds. The molecule has 8 heteroatoms. The summed E-state index contributed by atoms with van der Waals surface area (Å²) >= 11 is 0. The van der Waals surface area contributed by atoms with Crippen molar-refractivity contribution in [1.82, 2.24) is 24.4 Å². The minimum atomic E-state index is -0.115. The summed E-state index contributed by atoms with van der Waals surface area (Å²) in [5.74, 6) is 0.880. The molecule has 0 saturated carbocycles. The third kappa shape index (κ3) is 3.34. The summed E-state index contributed by atoms with van der Waals surface area (Å²) < 4.78 is 7.04. The topological polar surface area (TPSA) is 75.0 Å². The number of aromatic nitrogens is 3. The summed E-state index contributed by atoms with van der Waals surface area (Å²) in [5, 5.41) is 7.07. The first-order chi connectivity index (χ1) is 11.8. The van der Waals surface area contributed by atoms with Crippen molar-refractivity contribution in [1.29, 1.82) is 0 Å². The van der Waals surface area contributed by atoms with Crippen LogP contribution >= 0.6 is 0 Å². The Labute approximate surface area is 140 Å². The number of carbonyl (C=O) groups is 1. The van der Waals surface area contributed by atoms with Gasteiger partial charge >= 0.3 is 6.03 Å². The van der Waals surface area contributed by atoms with Crippen molar-refractivity contribution in [3.05, 3.63) is 24.4 Å². The van der Waals surface area contributed by atoms with Gasteiger partial charge in [0.25, 0.3) is 5.95 Å². The molecule has 24 heavy (non-hydrogen) atoms. The second kappa shape index (κ2) is 6.74. The number of hydrogen-bond donors (Lipinski definition) is 1. The Morgan fingerprint density at radius 3 is 3.00 bits per heavy atom. The minimum absolute atomic E-state index is 0.115. The van der Waals surface area contributed by atoms with Crippen molar-refractivity contribution in [2.75, 3.05) is 51.3 Å². The van der Waals surface area contributed by atoms with Gasteiger partial charge in [-0.2, -0.15) is 4.98 Å². The summed E-state index contributed by atoms with van der Waals surface area (Å²) in [6, 6.07) is 5.52. The molecular weight excluding hydrogens is 308 g/mol. The fourth-order valence-electron chi connectivity index (χ4n) is 3.37. The van der Waals surface area contributed by atoms with Gasteiger partial charge in [-0.05, 0) is 24.5 Å². The molecule has 2 aliphatic rings. The third-order valence-corrected chi connectivity index (χ3v) is 4.65. The summed E-state index contributed by atoms with van der Waals surface area (Å²) in [7, 11) is 0. The average Bonchev–Trinajstić information content (AvgIpc) is 3.22.